The van der Waals surface area contributed by atoms with Crippen LogP contribution in [-0.4, -0.2) is 19.9 Å². The molecule has 0 saturated heterocycles. The van der Waals surface area contributed by atoms with E-state index in [1.54, 1.807) is 24.9 Å². The van der Waals surface area contributed by atoms with Crippen molar-refractivity contribution in [3.8, 4) is 78.8 Å². The van der Waals surface area contributed by atoms with Crippen LogP contribution in [-0.2, 0) is 0 Å². The predicted molar refractivity (Wildman–Crippen MR) is 215 cm³/mol. The Labute approximate surface area is 311 Å². The van der Waals surface area contributed by atoms with E-state index >= 15 is 0 Å². The van der Waals surface area contributed by atoms with Gasteiger partial charge in [0, 0.05) is 34.6 Å². The third-order valence-electron chi connectivity index (χ3n) is 9.90. The first-order valence-corrected chi connectivity index (χ1v) is 17.7. The number of aromatic nitrogens is 4. The Hall–Kier alpha value is -7.44. The number of nitrogens with zero attached hydrogens (tertiary/aromatic N) is 4. The minimum absolute atomic E-state index is 0.545. The average molecular weight is 695 g/mol. The van der Waals surface area contributed by atoms with Crippen molar-refractivity contribution in [2.45, 2.75) is 0 Å². The number of fused-ring (bicyclic) bond motifs is 2. The van der Waals surface area contributed by atoms with Crippen molar-refractivity contribution in [2.24, 2.45) is 0 Å². The summed E-state index contributed by atoms with van der Waals surface area (Å²) in [5.74, 6) is 1.09. The molecule has 0 aliphatic heterocycles. The summed E-state index contributed by atoms with van der Waals surface area (Å²) in [7, 11) is 0. The first kappa shape index (κ1) is 31.3. The van der Waals surface area contributed by atoms with Gasteiger partial charge in [-0.25, -0.2) is 9.97 Å². The van der Waals surface area contributed by atoms with Gasteiger partial charge < -0.3 is 8.83 Å². The van der Waals surface area contributed by atoms with Gasteiger partial charge in [-0.3, -0.25) is 9.97 Å². The van der Waals surface area contributed by atoms with Gasteiger partial charge in [-0.1, -0.05) is 97.1 Å². The van der Waals surface area contributed by atoms with Crippen LogP contribution >= 0.6 is 0 Å². The summed E-state index contributed by atoms with van der Waals surface area (Å²) in [5, 5.41) is 4.22. The molecule has 0 saturated carbocycles. The van der Waals surface area contributed by atoms with Crippen LogP contribution in [0.4, 0.5) is 0 Å². The molecule has 0 amide bonds. The number of benzene rings is 6. The minimum Gasteiger partial charge on any atom is -0.445 e. The van der Waals surface area contributed by atoms with Crippen molar-refractivity contribution < 1.29 is 8.83 Å². The summed E-state index contributed by atoms with van der Waals surface area (Å²) < 4.78 is 11.4. The van der Waals surface area contributed by atoms with E-state index in [0.717, 1.165) is 88.6 Å². The summed E-state index contributed by atoms with van der Waals surface area (Å²) in [6.07, 6.45) is 10.1. The van der Waals surface area contributed by atoms with Gasteiger partial charge in [-0.15, -0.1) is 0 Å². The molecule has 54 heavy (non-hydrogen) atoms. The van der Waals surface area contributed by atoms with Crippen molar-refractivity contribution in [3.05, 3.63) is 183 Å². The second-order valence-electron chi connectivity index (χ2n) is 13.1. The lowest BCUT2D eigenvalue weighted by Gasteiger charge is -2.18. The number of rotatable bonds is 7. The van der Waals surface area contributed by atoms with Gasteiger partial charge >= 0.3 is 0 Å². The van der Waals surface area contributed by atoms with E-state index in [1.165, 1.54) is 0 Å². The Kier molecular flexibility index (Phi) is 7.69. The highest BCUT2D eigenvalue weighted by molar-refractivity contribution is 6.21. The highest BCUT2D eigenvalue weighted by Gasteiger charge is 2.21. The van der Waals surface area contributed by atoms with Crippen molar-refractivity contribution in [1.29, 1.82) is 0 Å². The molecule has 0 atom stereocenters. The molecular formula is C48H30N4O2. The van der Waals surface area contributed by atoms with Crippen molar-refractivity contribution in [2.75, 3.05) is 0 Å². The Balaban J connectivity index is 1.27. The molecule has 4 aromatic heterocycles. The third-order valence-corrected chi connectivity index (χ3v) is 9.90. The van der Waals surface area contributed by atoms with E-state index in [4.69, 9.17) is 18.8 Å². The van der Waals surface area contributed by atoms with E-state index in [9.17, 15) is 0 Å². The van der Waals surface area contributed by atoms with Gasteiger partial charge in [0.25, 0.3) is 0 Å². The quantitative estimate of drug-likeness (QED) is 0.155. The maximum atomic E-state index is 5.72. The zero-order valence-corrected chi connectivity index (χ0v) is 28.9. The number of hydrogen-bond donors (Lipinski definition) is 0. The molecule has 10 aromatic rings. The first-order valence-electron chi connectivity index (χ1n) is 17.7. The van der Waals surface area contributed by atoms with Gasteiger partial charge in [0.15, 0.2) is 0 Å². The van der Waals surface area contributed by atoms with Crippen LogP contribution in [0.5, 0.6) is 0 Å². The van der Waals surface area contributed by atoms with Crippen LogP contribution in [0.25, 0.3) is 100 Å². The monoisotopic (exact) mass is 694 g/mol. The largest absolute Gasteiger partial charge is 0.445 e. The van der Waals surface area contributed by atoms with E-state index in [0.29, 0.717) is 11.8 Å². The van der Waals surface area contributed by atoms with Gasteiger partial charge in [0.2, 0.25) is 11.8 Å². The van der Waals surface area contributed by atoms with Crippen LogP contribution in [0, 0.1) is 0 Å². The molecule has 0 fully saturated rings. The zero-order chi connectivity index (χ0) is 35.8. The molecule has 10 rings (SSSR count). The van der Waals surface area contributed by atoms with Gasteiger partial charge in [0.1, 0.15) is 12.5 Å². The summed E-state index contributed by atoms with van der Waals surface area (Å²) in [4.78, 5) is 18.8. The third kappa shape index (κ3) is 5.63. The molecule has 254 valence electrons. The van der Waals surface area contributed by atoms with Gasteiger partial charge in [-0.05, 0) is 103 Å². The van der Waals surface area contributed by atoms with Gasteiger partial charge in [-0.2, -0.15) is 0 Å². The second-order valence-corrected chi connectivity index (χ2v) is 13.1. The van der Waals surface area contributed by atoms with Crippen LogP contribution < -0.4 is 0 Å². The molecule has 0 N–H and O–H groups in total. The zero-order valence-electron chi connectivity index (χ0n) is 28.9. The Morgan fingerprint density at radius 2 is 0.759 bits per heavy atom. The lowest BCUT2D eigenvalue weighted by molar-refractivity contribution is 0.574. The lowest BCUT2D eigenvalue weighted by atomic mass is 9.86. The topological polar surface area (TPSA) is 77.8 Å². The first-order chi connectivity index (χ1) is 26.8. The van der Waals surface area contributed by atoms with Gasteiger partial charge in [0.05, 0.1) is 23.8 Å². The van der Waals surface area contributed by atoms with Crippen molar-refractivity contribution >= 4 is 21.5 Å². The molecule has 4 heterocycles. The van der Waals surface area contributed by atoms with Crippen molar-refractivity contribution in [1.82, 2.24) is 19.9 Å². The highest BCUT2D eigenvalue weighted by Crippen LogP contribution is 2.45. The second kappa shape index (κ2) is 13.3. The molecule has 0 bridgehead atoms. The molecule has 0 spiro atoms. The normalized spacial score (nSPS) is 11.3. The lowest BCUT2D eigenvalue weighted by Crippen LogP contribution is -1.95. The molecule has 0 unspecified atom stereocenters. The molecule has 6 aromatic carbocycles. The SMILES string of the molecule is c1ccc(-c2cc(-c3ccccc3)cc(-c3ccc4c(-c5cc(-c6ncco6)ccn5)c5ccccc5c(-c5cc(-c6ncco6)ccn5)c4c3)c2)cc1. The minimum atomic E-state index is 0.545. The fourth-order valence-corrected chi connectivity index (χ4v) is 7.43. The Bertz CT molecular complexity index is 2860. The summed E-state index contributed by atoms with van der Waals surface area (Å²) in [5.41, 5.74) is 12.2. The highest BCUT2D eigenvalue weighted by atomic mass is 16.3. The maximum Gasteiger partial charge on any atom is 0.225 e. The molecule has 6 heteroatoms. The van der Waals surface area contributed by atoms with E-state index in [-0.39, 0.29) is 0 Å². The van der Waals surface area contributed by atoms with Crippen LogP contribution in [0.15, 0.2) is 192 Å². The number of oxazole rings is 2. The summed E-state index contributed by atoms with van der Waals surface area (Å²) in [6.45, 7) is 0. The summed E-state index contributed by atoms with van der Waals surface area (Å²) in [6, 6.07) is 51.2. The molecule has 0 aliphatic rings. The van der Waals surface area contributed by atoms with E-state index in [2.05, 4.69) is 143 Å². The van der Waals surface area contributed by atoms with Crippen molar-refractivity contribution in [3.63, 3.8) is 0 Å². The molecule has 0 aliphatic carbocycles. The molecule has 6 nitrogen and oxygen atoms in total. The average Bonchev–Trinajstić information content (AvgIpc) is 4.00. The number of pyridine rings is 2. The van der Waals surface area contributed by atoms with Crippen LogP contribution in [0.2, 0.25) is 0 Å². The van der Waals surface area contributed by atoms with Crippen LogP contribution in [0.3, 0.4) is 0 Å². The smallest absolute Gasteiger partial charge is 0.225 e. The molecule has 0 radical (unpaired) electrons. The van der Waals surface area contributed by atoms with Crippen LogP contribution in [0.1, 0.15) is 0 Å². The fourth-order valence-electron chi connectivity index (χ4n) is 7.43. The van der Waals surface area contributed by atoms with E-state index < -0.39 is 0 Å². The standard InChI is InChI=1S/C48H30N4O2/c1-3-9-31(10-4-1)36-25-37(32-11-5-2-6-12-32)27-38(26-36)33-15-16-41-42(28-33)46(44-30-35(18-20-50-44)48-52-22-24-54-48)40-14-8-7-13-39(40)45(41)43-29-34(17-19-49-43)47-51-21-23-53-47/h1-30H. The molecular weight excluding hydrogens is 665 g/mol. The Morgan fingerprint density at radius 1 is 0.296 bits per heavy atom. The summed E-state index contributed by atoms with van der Waals surface area (Å²) >= 11 is 0. The Morgan fingerprint density at radius 3 is 1.26 bits per heavy atom. The number of hydrogen-bond acceptors (Lipinski definition) is 6. The maximum absolute atomic E-state index is 5.72. The predicted octanol–water partition coefficient (Wildman–Crippen LogP) is 12.4. The fraction of sp³-hybridized carbons (Fsp3) is 0. The van der Waals surface area contributed by atoms with E-state index in [1.807, 2.05) is 24.5 Å².